The molecule has 0 aromatic carbocycles. The van der Waals surface area contributed by atoms with Crippen LogP contribution < -0.4 is 10.5 Å². The van der Waals surface area contributed by atoms with Gasteiger partial charge >= 0.3 is 5.97 Å². The Bertz CT molecular complexity index is 567. The van der Waals surface area contributed by atoms with Crippen LogP contribution in [0.2, 0.25) is 0 Å². The first-order valence-corrected chi connectivity index (χ1v) is 5.37. The number of morpholine rings is 1. The lowest BCUT2D eigenvalue weighted by molar-refractivity contribution is 0.0696. The van der Waals surface area contributed by atoms with Crippen LogP contribution in [0.5, 0.6) is 0 Å². The van der Waals surface area contributed by atoms with E-state index in [2.05, 4.69) is 4.98 Å². The van der Waals surface area contributed by atoms with E-state index < -0.39 is 11.5 Å². The zero-order chi connectivity index (χ0) is 13.1. The molecule has 1 aliphatic heterocycles. The molecule has 1 fully saturated rings. The Kier molecular flexibility index (Phi) is 3.30. The smallest absolute Gasteiger partial charge is 0.337 e. The van der Waals surface area contributed by atoms with Gasteiger partial charge in [0.1, 0.15) is 17.5 Å². The zero-order valence-electron chi connectivity index (χ0n) is 9.47. The van der Waals surface area contributed by atoms with E-state index in [0.29, 0.717) is 26.3 Å². The molecule has 0 bridgehead atoms. The minimum Gasteiger partial charge on any atom is -0.478 e. The number of hydrogen-bond acceptors (Lipinski definition) is 5. The maximum atomic E-state index is 11.4. The molecule has 1 aromatic heterocycles. The standard InChI is InChI=1S/C11H11N3O4/c12-6-8-7(11(16)17)5-9(15)13-10(8)14-1-3-18-4-2-14/h5H,1-4H2,(H,13,15)(H,16,17). The second-order valence-corrected chi connectivity index (χ2v) is 3.79. The van der Waals surface area contributed by atoms with Gasteiger partial charge in [-0.1, -0.05) is 0 Å². The second-order valence-electron chi connectivity index (χ2n) is 3.79. The molecule has 18 heavy (non-hydrogen) atoms. The highest BCUT2D eigenvalue weighted by Crippen LogP contribution is 2.19. The first-order valence-electron chi connectivity index (χ1n) is 5.37. The molecule has 0 aliphatic carbocycles. The molecule has 2 rings (SSSR count). The van der Waals surface area contributed by atoms with Crippen LogP contribution in [0.1, 0.15) is 15.9 Å². The Balaban J connectivity index is 2.55. The van der Waals surface area contributed by atoms with Gasteiger partial charge in [-0.3, -0.25) is 4.79 Å². The molecule has 0 atom stereocenters. The number of nitriles is 1. The van der Waals surface area contributed by atoms with Gasteiger partial charge in [-0.25, -0.2) is 4.79 Å². The van der Waals surface area contributed by atoms with Gasteiger partial charge in [0.2, 0.25) is 5.56 Å². The van der Waals surface area contributed by atoms with Gasteiger partial charge < -0.3 is 19.7 Å². The van der Waals surface area contributed by atoms with Crippen molar-refractivity contribution in [3.8, 4) is 6.07 Å². The number of aromatic nitrogens is 1. The Morgan fingerprint density at radius 1 is 1.50 bits per heavy atom. The first-order chi connectivity index (χ1) is 8.63. The predicted molar refractivity (Wildman–Crippen MR) is 61.8 cm³/mol. The van der Waals surface area contributed by atoms with Crippen molar-refractivity contribution in [2.24, 2.45) is 0 Å². The third-order valence-corrected chi connectivity index (χ3v) is 2.69. The Hall–Kier alpha value is -2.33. The zero-order valence-corrected chi connectivity index (χ0v) is 9.47. The van der Waals surface area contributed by atoms with E-state index in [4.69, 9.17) is 15.1 Å². The highest BCUT2D eigenvalue weighted by atomic mass is 16.5. The number of nitrogens with zero attached hydrogens (tertiary/aromatic N) is 2. The van der Waals surface area contributed by atoms with Crippen molar-refractivity contribution in [2.75, 3.05) is 31.2 Å². The molecule has 0 saturated carbocycles. The van der Waals surface area contributed by atoms with Crippen LogP contribution in [0.15, 0.2) is 10.9 Å². The highest BCUT2D eigenvalue weighted by Gasteiger charge is 2.21. The van der Waals surface area contributed by atoms with Gasteiger partial charge in [0, 0.05) is 19.2 Å². The van der Waals surface area contributed by atoms with E-state index in [1.807, 2.05) is 6.07 Å². The van der Waals surface area contributed by atoms with E-state index in [-0.39, 0.29) is 16.9 Å². The van der Waals surface area contributed by atoms with Gasteiger partial charge in [0.05, 0.1) is 18.8 Å². The molecule has 94 valence electrons. The quantitative estimate of drug-likeness (QED) is 0.750. The van der Waals surface area contributed by atoms with Crippen LogP contribution in [-0.2, 0) is 4.74 Å². The van der Waals surface area contributed by atoms with Crippen LogP contribution in [0.3, 0.4) is 0 Å². The molecule has 0 radical (unpaired) electrons. The number of carbonyl (C=O) groups is 1. The summed E-state index contributed by atoms with van der Waals surface area (Å²) >= 11 is 0. The molecule has 2 N–H and O–H groups in total. The Morgan fingerprint density at radius 3 is 2.72 bits per heavy atom. The molecular weight excluding hydrogens is 238 g/mol. The molecule has 1 aliphatic rings. The SMILES string of the molecule is N#Cc1c(C(=O)O)cc(=O)[nH]c1N1CCOCC1. The number of aromatic amines is 1. The van der Waals surface area contributed by atoms with Gasteiger partial charge in [-0.15, -0.1) is 0 Å². The minimum atomic E-state index is -1.29. The fourth-order valence-electron chi connectivity index (χ4n) is 1.85. The van der Waals surface area contributed by atoms with Crippen LogP contribution in [-0.4, -0.2) is 42.4 Å². The number of H-pyrrole nitrogens is 1. The van der Waals surface area contributed by atoms with Gasteiger partial charge in [0.25, 0.3) is 0 Å². The minimum absolute atomic E-state index is 0.0241. The summed E-state index contributed by atoms with van der Waals surface area (Å²) in [7, 11) is 0. The van der Waals surface area contributed by atoms with E-state index >= 15 is 0 Å². The number of carboxylic acids is 1. The van der Waals surface area contributed by atoms with Crippen LogP contribution >= 0.6 is 0 Å². The molecule has 7 nitrogen and oxygen atoms in total. The molecule has 0 spiro atoms. The second kappa shape index (κ2) is 4.89. The molecule has 0 unspecified atom stereocenters. The van der Waals surface area contributed by atoms with E-state index in [0.717, 1.165) is 6.07 Å². The fraction of sp³-hybridized carbons (Fsp3) is 0.364. The number of pyridine rings is 1. The van der Waals surface area contributed by atoms with Crippen LogP contribution in [0.4, 0.5) is 5.82 Å². The lowest BCUT2D eigenvalue weighted by Gasteiger charge is -2.29. The number of nitrogens with one attached hydrogen (secondary N) is 1. The summed E-state index contributed by atoms with van der Waals surface area (Å²) in [6.07, 6.45) is 0. The van der Waals surface area contributed by atoms with Crippen molar-refractivity contribution in [2.45, 2.75) is 0 Å². The summed E-state index contributed by atoms with van der Waals surface area (Å²) in [6.45, 7) is 1.97. The van der Waals surface area contributed by atoms with Crippen LogP contribution in [0.25, 0.3) is 0 Å². The number of ether oxygens (including phenoxy) is 1. The average molecular weight is 249 g/mol. The monoisotopic (exact) mass is 249 g/mol. The lowest BCUT2D eigenvalue weighted by Crippen LogP contribution is -2.38. The molecular formula is C11H11N3O4. The van der Waals surface area contributed by atoms with Gasteiger partial charge in [0.15, 0.2) is 0 Å². The third-order valence-electron chi connectivity index (χ3n) is 2.69. The van der Waals surface area contributed by atoms with Gasteiger partial charge in [-0.05, 0) is 0 Å². The number of hydrogen-bond donors (Lipinski definition) is 2. The van der Waals surface area contributed by atoms with Crippen molar-refractivity contribution in [3.05, 3.63) is 27.5 Å². The van der Waals surface area contributed by atoms with Crippen molar-refractivity contribution in [1.29, 1.82) is 5.26 Å². The summed E-state index contributed by atoms with van der Waals surface area (Å²) in [6, 6.07) is 2.76. The van der Waals surface area contributed by atoms with Crippen molar-refractivity contribution in [1.82, 2.24) is 4.98 Å². The largest absolute Gasteiger partial charge is 0.478 e. The summed E-state index contributed by atoms with van der Waals surface area (Å²) in [5, 5.41) is 18.1. The van der Waals surface area contributed by atoms with E-state index in [1.54, 1.807) is 4.90 Å². The number of rotatable bonds is 2. The van der Waals surface area contributed by atoms with Crippen molar-refractivity contribution >= 4 is 11.8 Å². The van der Waals surface area contributed by atoms with E-state index in [9.17, 15) is 9.59 Å². The Morgan fingerprint density at radius 2 is 2.17 bits per heavy atom. The molecule has 2 heterocycles. The lowest BCUT2D eigenvalue weighted by atomic mass is 10.1. The Labute approximate surface area is 102 Å². The van der Waals surface area contributed by atoms with Crippen molar-refractivity contribution < 1.29 is 14.6 Å². The fourth-order valence-corrected chi connectivity index (χ4v) is 1.85. The van der Waals surface area contributed by atoms with Crippen molar-refractivity contribution in [3.63, 3.8) is 0 Å². The molecule has 1 aromatic rings. The number of carboxylic acid groups (broad SMARTS) is 1. The molecule has 0 amide bonds. The number of anilines is 1. The normalized spacial score (nSPS) is 15.2. The average Bonchev–Trinajstić information content (AvgIpc) is 2.38. The molecule has 1 saturated heterocycles. The topological polar surface area (TPSA) is 106 Å². The maximum Gasteiger partial charge on any atom is 0.337 e. The van der Waals surface area contributed by atoms with Crippen LogP contribution in [0, 0.1) is 11.3 Å². The van der Waals surface area contributed by atoms with Gasteiger partial charge in [-0.2, -0.15) is 5.26 Å². The number of aromatic carboxylic acids is 1. The predicted octanol–water partition coefficient (Wildman–Crippen LogP) is -0.219. The maximum absolute atomic E-state index is 11.4. The summed E-state index contributed by atoms with van der Waals surface area (Å²) < 4.78 is 5.17. The summed E-state index contributed by atoms with van der Waals surface area (Å²) in [4.78, 5) is 26.7. The summed E-state index contributed by atoms with van der Waals surface area (Å²) in [5.74, 6) is -1.03. The third kappa shape index (κ3) is 2.19. The molecule has 7 heteroatoms. The first kappa shape index (κ1) is 12.1. The highest BCUT2D eigenvalue weighted by molar-refractivity contribution is 5.92. The van der Waals surface area contributed by atoms with E-state index in [1.165, 1.54) is 0 Å². The summed E-state index contributed by atoms with van der Waals surface area (Å²) in [5.41, 5.74) is -0.834.